The van der Waals surface area contributed by atoms with Crippen molar-refractivity contribution >= 4 is 23.5 Å². The van der Waals surface area contributed by atoms with Crippen molar-refractivity contribution in [2.75, 3.05) is 24.6 Å². The van der Waals surface area contributed by atoms with Gasteiger partial charge in [-0.1, -0.05) is 12.1 Å². The third-order valence-electron chi connectivity index (χ3n) is 4.33. The highest BCUT2D eigenvalue weighted by atomic mass is 16.5. The van der Waals surface area contributed by atoms with E-state index in [1.165, 1.54) is 4.90 Å². The third kappa shape index (κ3) is 2.81. The molecule has 1 aromatic carbocycles. The van der Waals surface area contributed by atoms with Gasteiger partial charge in [-0.2, -0.15) is 0 Å². The molecule has 1 aromatic rings. The highest BCUT2D eigenvalue weighted by Crippen LogP contribution is 2.31. The molecule has 1 atom stereocenters. The molecule has 0 radical (unpaired) electrons. The van der Waals surface area contributed by atoms with E-state index in [4.69, 9.17) is 4.74 Å². The molecule has 6 nitrogen and oxygen atoms in total. The molecule has 2 aliphatic heterocycles. The van der Waals surface area contributed by atoms with Gasteiger partial charge in [0, 0.05) is 6.54 Å². The maximum absolute atomic E-state index is 13.0. The summed E-state index contributed by atoms with van der Waals surface area (Å²) in [5.41, 5.74) is 0.958. The van der Waals surface area contributed by atoms with Crippen molar-refractivity contribution in [1.29, 1.82) is 0 Å². The van der Waals surface area contributed by atoms with Gasteiger partial charge in [-0.15, -0.1) is 0 Å². The van der Waals surface area contributed by atoms with Gasteiger partial charge in [-0.3, -0.25) is 19.3 Å². The fourth-order valence-electron chi connectivity index (χ4n) is 3.27. The molecular formula is C17H20N2O4. The van der Waals surface area contributed by atoms with E-state index in [9.17, 15) is 14.4 Å². The molecule has 1 fully saturated rings. The summed E-state index contributed by atoms with van der Waals surface area (Å²) < 4.78 is 4.98. The average molecular weight is 316 g/mol. The third-order valence-corrected chi connectivity index (χ3v) is 4.33. The largest absolute Gasteiger partial charge is 0.465 e. The number of hydrogen-bond acceptors (Lipinski definition) is 4. The Kier molecular flexibility index (Phi) is 4.32. The first-order chi connectivity index (χ1) is 11.1. The summed E-state index contributed by atoms with van der Waals surface area (Å²) in [6.45, 7) is 2.40. The van der Waals surface area contributed by atoms with E-state index in [1.54, 1.807) is 36.1 Å². The molecule has 0 aliphatic carbocycles. The second-order valence-electron chi connectivity index (χ2n) is 5.76. The average Bonchev–Trinajstić information content (AvgIpc) is 2.66. The Labute approximate surface area is 135 Å². The zero-order valence-corrected chi connectivity index (χ0v) is 13.2. The first-order valence-corrected chi connectivity index (χ1v) is 8.00. The highest BCUT2D eigenvalue weighted by Gasteiger charge is 2.41. The van der Waals surface area contributed by atoms with Crippen LogP contribution in [0.3, 0.4) is 0 Å². The Morgan fingerprint density at radius 3 is 2.83 bits per heavy atom. The molecular weight excluding hydrogens is 296 g/mol. The molecule has 2 heterocycles. The molecule has 2 aliphatic rings. The summed E-state index contributed by atoms with van der Waals surface area (Å²) in [7, 11) is 0. The number of para-hydroxylation sites is 1. The molecule has 0 aromatic heterocycles. The Balaban J connectivity index is 2.02. The van der Waals surface area contributed by atoms with Crippen molar-refractivity contribution in [2.24, 2.45) is 0 Å². The number of carbonyl (C=O) groups excluding carboxylic acids is 3. The summed E-state index contributed by atoms with van der Waals surface area (Å²) in [4.78, 5) is 40.7. The predicted molar refractivity (Wildman–Crippen MR) is 84.1 cm³/mol. The number of anilines is 1. The van der Waals surface area contributed by atoms with Gasteiger partial charge in [0.05, 0.1) is 17.9 Å². The zero-order valence-electron chi connectivity index (χ0n) is 13.2. The predicted octanol–water partition coefficient (Wildman–Crippen LogP) is 1.59. The van der Waals surface area contributed by atoms with E-state index in [0.717, 1.165) is 12.8 Å². The van der Waals surface area contributed by atoms with Crippen molar-refractivity contribution in [1.82, 2.24) is 4.90 Å². The monoisotopic (exact) mass is 316 g/mol. The van der Waals surface area contributed by atoms with Crippen molar-refractivity contribution in [3.05, 3.63) is 29.8 Å². The highest BCUT2D eigenvalue weighted by molar-refractivity contribution is 6.12. The Hall–Kier alpha value is -2.37. The molecule has 3 rings (SSSR count). The number of fused-ring (bicyclic) bond motifs is 2. The van der Waals surface area contributed by atoms with Gasteiger partial charge in [-0.25, -0.2) is 0 Å². The van der Waals surface area contributed by atoms with Gasteiger partial charge in [0.15, 0.2) is 0 Å². The summed E-state index contributed by atoms with van der Waals surface area (Å²) in [6.07, 6.45) is 2.44. The lowest BCUT2D eigenvalue weighted by Crippen LogP contribution is -2.51. The van der Waals surface area contributed by atoms with Crippen LogP contribution in [0.2, 0.25) is 0 Å². The van der Waals surface area contributed by atoms with Gasteiger partial charge in [0.2, 0.25) is 5.91 Å². The molecule has 1 saturated heterocycles. The maximum Gasteiger partial charge on any atom is 0.326 e. The number of piperidine rings is 1. The topological polar surface area (TPSA) is 66.9 Å². The van der Waals surface area contributed by atoms with E-state index >= 15 is 0 Å². The summed E-state index contributed by atoms with van der Waals surface area (Å²) in [5.74, 6) is -0.798. The zero-order chi connectivity index (χ0) is 16.4. The molecule has 0 saturated carbocycles. The smallest absolute Gasteiger partial charge is 0.326 e. The summed E-state index contributed by atoms with van der Waals surface area (Å²) >= 11 is 0. The summed E-state index contributed by atoms with van der Waals surface area (Å²) in [6, 6.07) is 6.47. The number of carbonyl (C=O) groups is 3. The van der Waals surface area contributed by atoms with Crippen LogP contribution in [0, 0.1) is 0 Å². The molecule has 0 spiro atoms. The van der Waals surface area contributed by atoms with Crippen molar-refractivity contribution in [3.8, 4) is 0 Å². The van der Waals surface area contributed by atoms with Gasteiger partial charge < -0.3 is 9.64 Å². The first-order valence-electron chi connectivity index (χ1n) is 8.00. The van der Waals surface area contributed by atoms with Crippen LogP contribution in [-0.2, 0) is 14.3 Å². The molecule has 0 bridgehead atoms. The number of rotatable bonds is 3. The normalized spacial score (nSPS) is 20.7. The van der Waals surface area contributed by atoms with Crippen molar-refractivity contribution in [3.63, 3.8) is 0 Å². The van der Waals surface area contributed by atoms with Crippen molar-refractivity contribution < 1.29 is 19.1 Å². The second kappa shape index (κ2) is 6.40. The molecule has 122 valence electrons. The van der Waals surface area contributed by atoms with E-state index in [-0.39, 0.29) is 25.0 Å². The van der Waals surface area contributed by atoms with Crippen LogP contribution in [0.5, 0.6) is 0 Å². The van der Waals surface area contributed by atoms with E-state index in [0.29, 0.717) is 24.2 Å². The number of hydrogen-bond donors (Lipinski definition) is 0. The minimum absolute atomic E-state index is 0.134. The van der Waals surface area contributed by atoms with Gasteiger partial charge >= 0.3 is 5.97 Å². The Bertz CT molecular complexity index is 643. The van der Waals surface area contributed by atoms with Crippen LogP contribution in [-0.4, -0.2) is 48.4 Å². The molecule has 6 heteroatoms. The molecule has 0 unspecified atom stereocenters. The lowest BCUT2D eigenvalue weighted by atomic mass is 10.0. The first kappa shape index (κ1) is 15.5. The number of ether oxygens (including phenoxy) is 1. The fourth-order valence-corrected chi connectivity index (χ4v) is 3.27. The second-order valence-corrected chi connectivity index (χ2v) is 5.76. The number of nitrogens with zero attached hydrogens (tertiary/aromatic N) is 2. The minimum Gasteiger partial charge on any atom is -0.465 e. The van der Waals surface area contributed by atoms with Crippen LogP contribution in [0.4, 0.5) is 5.69 Å². The van der Waals surface area contributed by atoms with Crippen LogP contribution in [0.25, 0.3) is 0 Å². The van der Waals surface area contributed by atoms with E-state index < -0.39 is 12.0 Å². The molecule has 23 heavy (non-hydrogen) atoms. The van der Waals surface area contributed by atoms with Gasteiger partial charge in [-0.05, 0) is 38.3 Å². The van der Waals surface area contributed by atoms with Crippen LogP contribution >= 0.6 is 0 Å². The van der Waals surface area contributed by atoms with E-state index in [1.807, 2.05) is 0 Å². The minimum atomic E-state index is -0.488. The van der Waals surface area contributed by atoms with Crippen LogP contribution < -0.4 is 4.90 Å². The number of amides is 2. The fraction of sp³-hybridized carbons (Fsp3) is 0.471. The van der Waals surface area contributed by atoms with Crippen LogP contribution in [0.1, 0.15) is 36.5 Å². The SMILES string of the molecule is CCOC(=O)CN1C(=O)[C@@H]2CCCCN2C(=O)c2ccccc21. The van der Waals surface area contributed by atoms with Crippen molar-refractivity contribution in [2.45, 2.75) is 32.2 Å². The Morgan fingerprint density at radius 1 is 1.26 bits per heavy atom. The lowest BCUT2D eigenvalue weighted by molar-refractivity contribution is -0.142. The summed E-state index contributed by atoms with van der Waals surface area (Å²) in [5, 5.41) is 0. The standard InChI is InChI=1S/C17H20N2O4/c1-2-23-15(20)11-19-13-8-4-3-7-12(13)16(21)18-10-6-5-9-14(18)17(19)22/h3-4,7-8,14H,2,5-6,9-11H2,1H3/t14-/m0/s1. The van der Waals surface area contributed by atoms with Gasteiger partial charge in [0.25, 0.3) is 5.91 Å². The van der Waals surface area contributed by atoms with Crippen LogP contribution in [0.15, 0.2) is 24.3 Å². The van der Waals surface area contributed by atoms with E-state index in [2.05, 4.69) is 0 Å². The number of esters is 1. The molecule has 0 N–H and O–H groups in total. The maximum atomic E-state index is 13.0. The number of benzene rings is 1. The Morgan fingerprint density at radius 2 is 2.04 bits per heavy atom. The lowest BCUT2D eigenvalue weighted by Gasteiger charge is -2.34. The quantitative estimate of drug-likeness (QED) is 0.794. The van der Waals surface area contributed by atoms with Gasteiger partial charge in [0.1, 0.15) is 12.6 Å². The molecule has 2 amide bonds.